The first kappa shape index (κ1) is 21.6. The van der Waals surface area contributed by atoms with Crippen molar-refractivity contribution >= 4 is 44.8 Å². The number of nitrogens with zero attached hydrogens (tertiary/aromatic N) is 2. The standard InChI is InChI=1S/C22H25N3O4S/c1-11(15-9-16-12(2)10-29-19(16)13(3)18(15)28-7)8-17(26)24-22-23-14(4)20(30-22)21(27)25(5)6/h8-10H,1-7H3,(H,23,24,26)/b11-8+. The van der Waals surface area contributed by atoms with Crippen LogP contribution in [-0.4, -0.2) is 42.9 Å². The second-order valence-electron chi connectivity index (χ2n) is 7.33. The lowest BCUT2D eigenvalue weighted by Crippen LogP contribution is -2.21. The molecule has 30 heavy (non-hydrogen) atoms. The SMILES string of the molecule is COc1c(/C(C)=C/C(=O)Nc2nc(C)c(C(=O)N(C)C)s2)cc2c(C)coc2c1C. The maximum absolute atomic E-state index is 12.6. The van der Waals surface area contributed by atoms with Crippen molar-refractivity contribution in [3.8, 4) is 5.75 Å². The van der Waals surface area contributed by atoms with E-state index in [2.05, 4.69) is 10.3 Å². The third-order valence-corrected chi connectivity index (χ3v) is 5.90. The molecule has 8 heteroatoms. The van der Waals surface area contributed by atoms with E-state index in [9.17, 15) is 9.59 Å². The van der Waals surface area contributed by atoms with Crippen molar-refractivity contribution in [2.45, 2.75) is 27.7 Å². The Labute approximate surface area is 179 Å². The van der Waals surface area contributed by atoms with Crippen LogP contribution in [0.4, 0.5) is 5.13 Å². The predicted octanol–water partition coefficient (Wildman–Crippen LogP) is 4.57. The summed E-state index contributed by atoms with van der Waals surface area (Å²) in [6.07, 6.45) is 3.22. The summed E-state index contributed by atoms with van der Waals surface area (Å²) in [7, 11) is 4.96. The van der Waals surface area contributed by atoms with Crippen molar-refractivity contribution in [3.05, 3.63) is 45.7 Å². The number of anilines is 1. The van der Waals surface area contributed by atoms with Gasteiger partial charge in [-0.2, -0.15) is 0 Å². The van der Waals surface area contributed by atoms with Crippen LogP contribution in [-0.2, 0) is 4.79 Å². The number of amides is 2. The maximum atomic E-state index is 12.6. The molecule has 0 aliphatic heterocycles. The minimum atomic E-state index is -0.325. The van der Waals surface area contributed by atoms with E-state index >= 15 is 0 Å². The number of furan rings is 1. The topological polar surface area (TPSA) is 84.7 Å². The number of ether oxygens (including phenoxy) is 1. The molecule has 1 aromatic carbocycles. The third-order valence-electron chi connectivity index (χ3n) is 4.84. The number of fused-ring (bicyclic) bond motifs is 1. The van der Waals surface area contributed by atoms with Crippen molar-refractivity contribution in [2.75, 3.05) is 26.5 Å². The highest BCUT2D eigenvalue weighted by Crippen LogP contribution is 2.37. The highest BCUT2D eigenvalue weighted by Gasteiger charge is 2.19. The Hall–Kier alpha value is -3.13. The second kappa shape index (κ2) is 8.31. The van der Waals surface area contributed by atoms with Crippen molar-refractivity contribution in [2.24, 2.45) is 0 Å². The van der Waals surface area contributed by atoms with Crippen LogP contribution < -0.4 is 10.1 Å². The Morgan fingerprint density at radius 1 is 1.27 bits per heavy atom. The molecule has 3 rings (SSSR count). The number of rotatable bonds is 5. The van der Waals surface area contributed by atoms with E-state index < -0.39 is 0 Å². The molecule has 158 valence electrons. The number of hydrogen-bond donors (Lipinski definition) is 1. The van der Waals surface area contributed by atoms with Gasteiger partial charge in [0.05, 0.1) is 19.1 Å². The molecule has 0 bridgehead atoms. The van der Waals surface area contributed by atoms with Crippen LogP contribution >= 0.6 is 11.3 Å². The summed E-state index contributed by atoms with van der Waals surface area (Å²) in [5.74, 6) is 0.206. The van der Waals surface area contributed by atoms with Gasteiger partial charge in [-0.3, -0.25) is 14.9 Å². The number of hydrogen-bond acceptors (Lipinski definition) is 6. The van der Waals surface area contributed by atoms with Gasteiger partial charge in [0.25, 0.3) is 5.91 Å². The van der Waals surface area contributed by atoms with Crippen molar-refractivity contribution in [1.29, 1.82) is 0 Å². The lowest BCUT2D eigenvalue weighted by Gasteiger charge is -2.13. The highest BCUT2D eigenvalue weighted by molar-refractivity contribution is 7.17. The normalized spacial score (nSPS) is 11.6. The zero-order valence-corrected chi connectivity index (χ0v) is 19.0. The van der Waals surface area contributed by atoms with Gasteiger partial charge in [-0.1, -0.05) is 11.3 Å². The second-order valence-corrected chi connectivity index (χ2v) is 8.33. The lowest BCUT2D eigenvalue weighted by atomic mass is 9.98. The smallest absolute Gasteiger partial charge is 0.265 e. The third kappa shape index (κ3) is 3.95. The monoisotopic (exact) mass is 427 g/mol. The molecule has 7 nitrogen and oxygen atoms in total. The van der Waals surface area contributed by atoms with Crippen LogP contribution in [0.3, 0.4) is 0 Å². The van der Waals surface area contributed by atoms with Gasteiger partial charge in [-0.25, -0.2) is 4.98 Å². The molecule has 0 atom stereocenters. The van der Waals surface area contributed by atoms with E-state index in [4.69, 9.17) is 9.15 Å². The molecule has 1 N–H and O–H groups in total. The lowest BCUT2D eigenvalue weighted by molar-refractivity contribution is -0.111. The molecule has 0 spiro atoms. The van der Waals surface area contributed by atoms with Crippen molar-refractivity contribution < 1.29 is 18.7 Å². The molecule has 0 fully saturated rings. The van der Waals surface area contributed by atoms with Gasteiger partial charge < -0.3 is 14.1 Å². The highest BCUT2D eigenvalue weighted by atomic mass is 32.1. The van der Waals surface area contributed by atoms with Gasteiger partial charge in [0, 0.05) is 36.7 Å². The molecule has 0 saturated carbocycles. The van der Waals surface area contributed by atoms with Gasteiger partial charge in [0.2, 0.25) is 5.91 Å². The summed E-state index contributed by atoms with van der Waals surface area (Å²) in [6, 6.07) is 1.97. The van der Waals surface area contributed by atoms with E-state index in [-0.39, 0.29) is 11.8 Å². The van der Waals surface area contributed by atoms with E-state index in [1.807, 2.05) is 26.8 Å². The molecule has 2 aromatic heterocycles. The minimum Gasteiger partial charge on any atom is -0.496 e. The zero-order chi connectivity index (χ0) is 22.2. The fourth-order valence-electron chi connectivity index (χ4n) is 3.26. The Morgan fingerprint density at radius 3 is 2.60 bits per heavy atom. The molecule has 0 saturated heterocycles. The predicted molar refractivity (Wildman–Crippen MR) is 119 cm³/mol. The Bertz CT molecular complexity index is 1170. The zero-order valence-electron chi connectivity index (χ0n) is 18.2. The summed E-state index contributed by atoms with van der Waals surface area (Å²) in [4.78, 5) is 31.1. The number of allylic oxidation sites excluding steroid dienone is 1. The first-order valence-corrected chi connectivity index (χ1v) is 10.2. The number of methoxy groups -OCH3 is 1. The van der Waals surface area contributed by atoms with E-state index in [0.29, 0.717) is 21.5 Å². The minimum absolute atomic E-state index is 0.138. The van der Waals surface area contributed by atoms with E-state index in [0.717, 1.165) is 44.6 Å². The Kier molecular flexibility index (Phi) is 5.98. The number of carbonyl (C=O) groups is 2. The number of aryl methyl sites for hydroxylation is 3. The summed E-state index contributed by atoms with van der Waals surface area (Å²) in [5.41, 5.74) is 4.84. The molecule has 0 aliphatic carbocycles. The van der Waals surface area contributed by atoms with Gasteiger partial charge in [0.1, 0.15) is 16.2 Å². The van der Waals surface area contributed by atoms with Crippen LogP contribution in [0.2, 0.25) is 0 Å². The first-order valence-electron chi connectivity index (χ1n) is 9.38. The Morgan fingerprint density at radius 2 is 1.97 bits per heavy atom. The number of carbonyl (C=O) groups excluding carboxylic acids is 2. The van der Waals surface area contributed by atoms with Gasteiger partial charge in [0.15, 0.2) is 5.13 Å². The van der Waals surface area contributed by atoms with Crippen LogP contribution in [0, 0.1) is 20.8 Å². The maximum Gasteiger partial charge on any atom is 0.265 e. The summed E-state index contributed by atoms with van der Waals surface area (Å²) < 4.78 is 11.2. The summed E-state index contributed by atoms with van der Waals surface area (Å²) >= 11 is 1.16. The van der Waals surface area contributed by atoms with Gasteiger partial charge in [-0.05, 0) is 44.9 Å². The van der Waals surface area contributed by atoms with Crippen LogP contribution in [0.15, 0.2) is 22.8 Å². The number of nitrogens with one attached hydrogen (secondary N) is 1. The number of benzene rings is 1. The quantitative estimate of drug-likeness (QED) is 0.603. The summed E-state index contributed by atoms with van der Waals surface area (Å²) in [6.45, 7) is 7.51. The van der Waals surface area contributed by atoms with Crippen molar-refractivity contribution in [3.63, 3.8) is 0 Å². The largest absolute Gasteiger partial charge is 0.496 e. The molecule has 3 aromatic rings. The first-order chi connectivity index (χ1) is 14.1. The molecule has 2 heterocycles. The molecule has 0 unspecified atom stereocenters. The summed E-state index contributed by atoms with van der Waals surface area (Å²) in [5, 5.41) is 4.13. The van der Waals surface area contributed by atoms with Crippen LogP contribution in [0.5, 0.6) is 5.75 Å². The molecule has 0 aliphatic rings. The van der Waals surface area contributed by atoms with Gasteiger partial charge in [-0.15, -0.1) is 0 Å². The van der Waals surface area contributed by atoms with Gasteiger partial charge >= 0.3 is 0 Å². The average molecular weight is 428 g/mol. The average Bonchev–Trinajstić information content (AvgIpc) is 3.23. The molecular formula is C22H25N3O4S. The van der Waals surface area contributed by atoms with Crippen LogP contribution in [0.1, 0.15) is 39.0 Å². The molecule has 2 amide bonds. The Balaban J connectivity index is 1.91. The van der Waals surface area contributed by atoms with Crippen LogP contribution in [0.25, 0.3) is 16.5 Å². The fourth-order valence-corrected chi connectivity index (χ4v) is 4.25. The molecular weight excluding hydrogens is 402 g/mol. The number of thiazole rings is 1. The molecule has 0 radical (unpaired) electrons. The van der Waals surface area contributed by atoms with Crippen molar-refractivity contribution in [1.82, 2.24) is 9.88 Å². The van der Waals surface area contributed by atoms with E-state index in [1.54, 1.807) is 34.4 Å². The number of aromatic nitrogens is 1. The fraction of sp³-hybridized carbons (Fsp3) is 0.318. The van der Waals surface area contributed by atoms with E-state index in [1.165, 1.54) is 11.0 Å².